The van der Waals surface area contributed by atoms with Crippen molar-refractivity contribution in [2.75, 3.05) is 68.4 Å². The van der Waals surface area contributed by atoms with E-state index >= 15 is 0 Å². The number of phenolic OH excluding ortho intramolecular Hbond substituents is 1. The second-order valence-electron chi connectivity index (χ2n) is 10.3. The van der Waals surface area contributed by atoms with Crippen molar-refractivity contribution in [1.82, 2.24) is 19.8 Å². The number of amides is 2. The Morgan fingerprint density at radius 3 is 2.67 bits per heavy atom. The molecule has 10 nitrogen and oxygen atoms in total. The van der Waals surface area contributed by atoms with E-state index in [9.17, 15) is 14.7 Å². The maximum Gasteiger partial charge on any atom is 0.274 e. The van der Waals surface area contributed by atoms with Gasteiger partial charge in [0.1, 0.15) is 17.3 Å². The van der Waals surface area contributed by atoms with Crippen LogP contribution in [0.3, 0.4) is 0 Å². The van der Waals surface area contributed by atoms with Crippen LogP contribution in [0.15, 0.2) is 55.1 Å². The predicted molar refractivity (Wildman–Crippen MR) is 153 cm³/mol. The number of hydrogen-bond donors (Lipinski definition) is 3. The Hall–Kier alpha value is -4.18. The minimum atomic E-state index is -0.393. The number of anilines is 3. The summed E-state index contributed by atoms with van der Waals surface area (Å²) in [7, 11) is 2.13. The lowest BCUT2D eigenvalue weighted by molar-refractivity contribution is -0.126. The molecule has 3 aromatic rings. The molecule has 2 aromatic carbocycles. The summed E-state index contributed by atoms with van der Waals surface area (Å²) >= 11 is 0. The molecule has 0 bridgehead atoms. The molecule has 204 valence electrons. The van der Waals surface area contributed by atoms with Crippen LogP contribution in [0.4, 0.5) is 17.5 Å². The van der Waals surface area contributed by atoms with Gasteiger partial charge in [0.15, 0.2) is 0 Å². The van der Waals surface area contributed by atoms with Gasteiger partial charge in [0.2, 0.25) is 11.9 Å². The Bertz CT molecular complexity index is 1370. The zero-order chi connectivity index (χ0) is 27.4. The summed E-state index contributed by atoms with van der Waals surface area (Å²) in [6.07, 6.45) is 3.62. The molecule has 2 fully saturated rings. The quantitative estimate of drug-likeness (QED) is 0.400. The average Bonchev–Trinajstić information content (AvgIpc) is 2.95. The fourth-order valence-corrected chi connectivity index (χ4v) is 5.34. The normalized spacial score (nSPS) is 18.1. The van der Waals surface area contributed by atoms with E-state index < -0.39 is 5.91 Å². The Balaban J connectivity index is 1.39. The minimum absolute atomic E-state index is 0.0686. The van der Waals surface area contributed by atoms with Crippen molar-refractivity contribution in [3.8, 4) is 5.75 Å². The molecule has 39 heavy (non-hydrogen) atoms. The van der Waals surface area contributed by atoms with E-state index in [4.69, 9.17) is 4.98 Å². The summed E-state index contributed by atoms with van der Waals surface area (Å²) in [5.41, 5.74) is 0.729. The highest BCUT2D eigenvalue weighted by Crippen LogP contribution is 2.29. The number of likely N-dealkylation sites (tertiary alicyclic amines) is 1. The van der Waals surface area contributed by atoms with Gasteiger partial charge in [-0.25, -0.2) is 4.98 Å². The Kier molecular flexibility index (Phi) is 7.92. The second kappa shape index (κ2) is 11.7. The van der Waals surface area contributed by atoms with E-state index in [1.54, 1.807) is 17.0 Å². The summed E-state index contributed by atoms with van der Waals surface area (Å²) in [6.45, 7) is 8.67. The topological polar surface area (TPSA) is 114 Å². The van der Waals surface area contributed by atoms with Crippen LogP contribution >= 0.6 is 0 Å². The summed E-state index contributed by atoms with van der Waals surface area (Å²) in [5.74, 6) is 1.09. The molecule has 1 unspecified atom stereocenters. The van der Waals surface area contributed by atoms with E-state index in [2.05, 4.69) is 39.0 Å². The number of aromatic hydroxyl groups is 1. The van der Waals surface area contributed by atoms with E-state index in [0.717, 1.165) is 36.7 Å². The smallest absolute Gasteiger partial charge is 0.274 e. The maximum absolute atomic E-state index is 13.5. The van der Waals surface area contributed by atoms with Crippen molar-refractivity contribution >= 4 is 40.0 Å². The van der Waals surface area contributed by atoms with Crippen molar-refractivity contribution in [2.45, 2.75) is 12.8 Å². The fourth-order valence-electron chi connectivity index (χ4n) is 5.34. The monoisotopic (exact) mass is 529 g/mol. The molecule has 2 saturated heterocycles. The average molecular weight is 530 g/mol. The Morgan fingerprint density at radius 1 is 1.10 bits per heavy atom. The molecule has 0 radical (unpaired) electrons. The molecule has 0 saturated carbocycles. The lowest BCUT2D eigenvalue weighted by atomic mass is 9.99. The van der Waals surface area contributed by atoms with Gasteiger partial charge >= 0.3 is 0 Å². The molecule has 0 aliphatic carbocycles. The van der Waals surface area contributed by atoms with Crippen molar-refractivity contribution < 1.29 is 14.7 Å². The third kappa shape index (κ3) is 6.28. The number of aromatic nitrogens is 2. The number of nitrogens with one attached hydrogen (secondary N) is 2. The van der Waals surface area contributed by atoms with E-state index in [-0.39, 0.29) is 17.4 Å². The zero-order valence-electron chi connectivity index (χ0n) is 22.3. The molecule has 5 rings (SSSR count). The molecule has 2 aliphatic heterocycles. The number of carbonyl (C=O) groups excluding carboxylic acids is 2. The third-order valence-corrected chi connectivity index (χ3v) is 7.40. The number of benzene rings is 2. The lowest BCUT2D eigenvalue weighted by Gasteiger charge is -2.35. The molecule has 3 heterocycles. The van der Waals surface area contributed by atoms with E-state index in [1.807, 2.05) is 24.3 Å². The molecular formula is C29H35N7O3. The van der Waals surface area contributed by atoms with Crippen LogP contribution in [0.2, 0.25) is 0 Å². The number of piperazine rings is 1. The summed E-state index contributed by atoms with van der Waals surface area (Å²) in [4.78, 5) is 41.0. The number of phenols is 1. The van der Waals surface area contributed by atoms with Crippen LogP contribution < -0.4 is 15.5 Å². The maximum atomic E-state index is 13.5. The van der Waals surface area contributed by atoms with Gasteiger partial charge in [-0.3, -0.25) is 9.59 Å². The molecule has 3 N–H and O–H groups in total. The van der Waals surface area contributed by atoms with E-state index in [0.29, 0.717) is 56.1 Å². The van der Waals surface area contributed by atoms with Gasteiger partial charge in [0.25, 0.3) is 5.91 Å². The van der Waals surface area contributed by atoms with Crippen LogP contribution in [0.1, 0.15) is 23.3 Å². The first-order valence-electron chi connectivity index (χ1n) is 13.4. The number of nitrogens with zero attached hydrogens (tertiary/aromatic N) is 5. The van der Waals surface area contributed by atoms with Gasteiger partial charge in [0.05, 0.1) is 5.69 Å². The Labute approximate surface area is 228 Å². The first-order valence-corrected chi connectivity index (χ1v) is 13.4. The van der Waals surface area contributed by atoms with Crippen LogP contribution in [0.5, 0.6) is 5.75 Å². The van der Waals surface area contributed by atoms with Crippen LogP contribution in [-0.2, 0) is 4.79 Å². The van der Waals surface area contributed by atoms with Gasteiger partial charge < -0.3 is 30.4 Å². The van der Waals surface area contributed by atoms with Crippen molar-refractivity contribution in [1.29, 1.82) is 0 Å². The summed E-state index contributed by atoms with van der Waals surface area (Å²) < 4.78 is 0. The van der Waals surface area contributed by atoms with Crippen molar-refractivity contribution in [2.24, 2.45) is 5.92 Å². The SMILES string of the molecule is C=CC(=O)N1CCN(c2cc(C(=O)Nc3cc(O)cc4ccccc34)nc(NCC3CCCN(C)C3)n2)CC1. The zero-order valence-corrected chi connectivity index (χ0v) is 22.3. The van der Waals surface area contributed by atoms with Crippen molar-refractivity contribution in [3.05, 3.63) is 60.8 Å². The highest BCUT2D eigenvalue weighted by molar-refractivity contribution is 6.09. The number of fused-ring (bicyclic) bond motifs is 1. The fraction of sp³-hybridized carbons (Fsp3) is 0.379. The number of hydrogen-bond acceptors (Lipinski definition) is 8. The van der Waals surface area contributed by atoms with Crippen molar-refractivity contribution in [3.63, 3.8) is 0 Å². The molecule has 1 atom stereocenters. The summed E-state index contributed by atoms with van der Waals surface area (Å²) in [6, 6.07) is 12.4. The largest absolute Gasteiger partial charge is 0.508 e. The van der Waals surface area contributed by atoms with Gasteiger partial charge in [-0.1, -0.05) is 30.8 Å². The molecular weight excluding hydrogens is 494 g/mol. The summed E-state index contributed by atoms with van der Waals surface area (Å²) in [5, 5.41) is 18.2. The number of carbonyl (C=O) groups is 2. The Morgan fingerprint density at radius 2 is 1.90 bits per heavy atom. The van der Waals surface area contributed by atoms with Crippen LogP contribution in [-0.4, -0.2) is 89.5 Å². The predicted octanol–water partition coefficient (Wildman–Crippen LogP) is 3.18. The molecule has 2 aliphatic rings. The number of piperidine rings is 1. The molecule has 1 aromatic heterocycles. The highest BCUT2D eigenvalue weighted by atomic mass is 16.3. The highest BCUT2D eigenvalue weighted by Gasteiger charge is 2.24. The lowest BCUT2D eigenvalue weighted by Crippen LogP contribution is -2.48. The molecule has 10 heteroatoms. The van der Waals surface area contributed by atoms with Crippen LogP contribution in [0, 0.1) is 5.92 Å². The third-order valence-electron chi connectivity index (χ3n) is 7.40. The van der Waals surface area contributed by atoms with Gasteiger partial charge in [-0.15, -0.1) is 0 Å². The molecule has 2 amide bonds. The first-order chi connectivity index (χ1) is 18.9. The first kappa shape index (κ1) is 26.4. The van der Waals surface area contributed by atoms with Crippen LogP contribution in [0.25, 0.3) is 10.8 Å². The number of rotatable bonds is 7. The molecule has 0 spiro atoms. The van der Waals surface area contributed by atoms with E-state index in [1.165, 1.54) is 12.1 Å². The standard InChI is InChI=1S/C29H35N7O3/c1-3-27(38)36-13-11-35(12-14-36)26-17-25(32-29(33-26)30-18-20-7-6-10-34(2)19-20)28(39)31-24-16-22(37)15-21-8-4-5-9-23(21)24/h3-5,8-9,15-17,20,37H,1,6-7,10-14,18-19H2,2H3,(H,31,39)(H,30,32,33). The van der Waals surface area contributed by atoms with Gasteiger partial charge in [-0.05, 0) is 49.9 Å². The van der Waals surface area contributed by atoms with Gasteiger partial charge in [-0.2, -0.15) is 4.98 Å². The minimum Gasteiger partial charge on any atom is -0.508 e. The van der Waals surface area contributed by atoms with Gasteiger partial charge in [0, 0.05) is 56.8 Å². The second-order valence-corrected chi connectivity index (χ2v) is 10.3.